The van der Waals surface area contributed by atoms with Crippen LogP contribution in [-0.2, 0) is 11.2 Å². The van der Waals surface area contributed by atoms with E-state index in [0.717, 1.165) is 23.4 Å². The highest BCUT2D eigenvalue weighted by atomic mass is 16.3. The summed E-state index contributed by atoms with van der Waals surface area (Å²) in [6.45, 7) is 8.51. The molecule has 108 valence electrons. The number of aromatic amines is 1. The van der Waals surface area contributed by atoms with E-state index in [1.807, 2.05) is 27.7 Å². The van der Waals surface area contributed by atoms with E-state index in [4.69, 9.17) is 0 Å². The number of hydrogen-bond acceptors (Lipinski definition) is 3. The number of nitrogens with zero attached hydrogens (tertiary/aromatic N) is 2. The van der Waals surface area contributed by atoms with Gasteiger partial charge in [0.25, 0.3) is 5.91 Å². The number of nitrogens with one attached hydrogen (secondary N) is 1. The van der Waals surface area contributed by atoms with Gasteiger partial charge in [-0.05, 0) is 38.2 Å². The molecule has 1 heterocycles. The minimum absolute atomic E-state index is 0.201. The van der Waals surface area contributed by atoms with Gasteiger partial charge in [0.05, 0.1) is 5.69 Å². The van der Waals surface area contributed by atoms with Crippen LogP contribution in [0.1, 0.15) is 37.2 Å². The Labute approximate surface area is 115 Å². The second-order valence-corrected chi connectivity index (χ2v) is 5.57. The summed E-state index contributed by atoms with van der Waals surface area (Å²) in [5.74, 6) is 0.109. The molecule has 0 aromatic carbocycles. The van der Waals surface area contributed by atoms with Crippen molar-refractivity contribution in [3.63, 3.8) is 0 Å². The zero-order valence-corrected chi connectivity index (χ0v) is 12.5. The van der Waals surface area contributed by atoms with Gasteiger partial charge in [-0.3, -0.25) is 9.89 Å². The van der Waals surface area contributed by atoms with Crippen LogP contribution in [-0.4, -0.2) is 45.8 Å². The van der Waals surface area contributed by atoms with E-state index in [-0.39, 0.29) is 5.91 Å². The number of aromatic nitrogens is 2. The van der Waals surface area contributed by atoms with E-state index in [9.17, 15) is 9.90 Å². The van der Waals surface area contributed by atoms with Gasteiger partial charge in [-0.15, -0.1) is 0 Å². The number of carbonyl (C=O) groups is 1. The van der Waals surface area contributed by atoms with Crippen LogP contribution >= 0.6 is 0 Å². The molecule has 0 saturated heterocycles. The quantitative estimate of drug-likeness (QED) is 0.819. The van der Waals surface area contributed by atoms with E-state index in [1.165, 1.54) is 0 Å². The molecular formula is C14H25N3O2. The van der Waals surface area contributed by atoms with Crippen LogP contribution in [0.3, 0.4) is 0 Å². The molecule has 0 unspecified atom stereocenters. The second kappa shape index (κ2) is 6.70. The average molecular weight is 267 g/mol. The number of rotatable bonds is 6. The number of likely N-dealkylation sites (N-methyl/N-ethyl adjacent to an activating group) is 1. The molecule has 0 fully saturated rings. The first kappa shape index (κ1) is 15.7. The molecule has 2 N–H and O–H groups in total. The third kappa shape index (κ3) is 4.35. The molecular weight excluding hydrogens is 242 g/mol. The van der Waals surface area contributed by atoms with Gasteiger partial charge in [0.2, 0.25) is 0 Å². The number of aryl methyl sites for hydroxylation is 2. The topological polar surface area (TPSA) is 69.2 Å². The molecule has 0 bridgehead atoms. The van der Waals surface area contributed by atoms with Gasteiger partial charge in [0, 0.05) is 19.3 Å². The van der Waals surface area contributed by atoms with E-state index >= 15 is 0 Å². The molecule has 1 amide bonds. The molecule has 1 rings (SSSR count). The van der Waals surface area contributed by atoms with Gasteiger partial charge in [-0.2, -0.15) is 5.10 Å². The lowest BCUT2D eigenvalue weighted by atomic mass is 10.0. The Kier molecular flexibility index (Phi) is 5.54. The summed E-state index contributed by atoms with van der Waals surface area (Å²) in [6.07, 6.45) is 0.370. The lowest BCUT2D eigenvalue weighted by Gasteiger charge is -2.21. The van der Waals surface area contributed by atoms with Crippen LogP contribution in [0.5, 0.6) is 0 Å². The summed E-state index contributed by atoms with van der Waals surface area (Å²) < 4.78 is 0. The average Bonchev–Trinajstić information content (AvgIpc) is 2.64. The lowest BCUT2D eigenvalue weighted by Crippen LogP contribution is -2.38. The monoisotopic (exact) mass is 267 g/mol. The normalized spacial score (nSPS) is 12.8. The van der Waals surface area contributed by atoms with Crippen LogP contribution in [0.2, 0.25) is 0 Å². The van der Waals surface area contributed by atoms with E-state index in [2.05, 4.69) is 10.2 Å². The Hall–Kier alpha value is -1.36. The summed E-state index contributed by atoms with van der Waals surface area (Å²) >= 11 is 0. The molecule has 0 aliphatic carbocycles. The van der Waals surface area contributed by atoms with Crippen molar-refractivity contribution in [1.82, 2.24) is 15.1 Å². The molecule has 1 aromatic rings. The Morgan fingerprint density at radius 3 is 2.53 bits per heavy atom. The molecule has 0 aliphatic heterocycles. The van der Waals surface area contributed by atoms with E-state index < -0.39 is 6.10 Å². The maximum atomic E-state index is 12.0. The maximum Gasteiger partial charge on any atom is 0.251 e. The first-order chi connectivity index (χ1) is 8.82. The van der Waals surface area contributed by atoms with E-state index in [1.54, 1.807) is 11.9 Å². The highest BCUT2D eigenvalue weighted by Gasteiger charge is 2.20. The molecule has 1 aromatic heterocycles. The summed E-state index contributed by atoms with van der Waals surface area (Å²) in [4.78, 5) is 13.6. The lowest BCUT2D eigenvalue weighted by molar-refractivity contribution is -0.139. The van der Waals surface area contributed by atoms with Crippen LogP contribution in [0.25, 0.3) is 0 Å². The van der Waals surface area contributed by atoms with Crippen molar-refractivity contribution in [1.29, 1.82) is 0 Å². The molecule has 1 atom stereocenters. The molecule has 0 spiro atoms. The molecule has 0 radical (unpaired) electrons. The first-order valence-corrected chi connectivity index (χ1v) is 6.76. The summed E-state index contributed by atoms with van der Waals surface area (Å²) in [5, 5.41) is 16.9. The van der Waals surface area contributed by atoms with Crippen molar-refractivity contribution in [3.05, 3.63) is 17.0 Å². The number of H-pyrrole nitrogens is 1. The van der Waals surface area contributed by atoms with Gasteiger partial charge >= 0.3 is 0 Å². The Bertz CT molecular complexity index is 407. The summed E-state index contributed by atoms with van der Waals surface area (Å²) in [7, 11) is 1.73. The highest BCUT2D eigenvalue weighted by Crippen LogP contribution is 2.11. The van der Waals surface area contributed by atoms with Gasteiger partial charge in [-0.1, -0.05) is 13.8 Å². The SMILES string of the molecule is Cc1n[nH]c(C)c1CCN(C)C(=O)[C@H](O)CC(C)C. The second-order valence-electron chi connectivity index (χ2n) is 5.57. The van der Waals surface area contributed by atoms with Crippen molar-refractivity contribution >= 4 is 5.91 Å². The minimum Gasteiger partial charge on any atom is -0.383 e. The number of amides is 1. The largest absolute Gasteiger partial charge is 0.383 e. The number of aliphatic hydroxyl groups excluding tert-OH is 1. The van der Waals surface area contributed by atoms with E-state index in [0.29, 0.717) is 18.9 Å². The zero-order valence-electron chi connectivity index (χ0n) is 12.5. The fraction of sp³-hybridized carbons (Fsp3) is 0.714. The third-order valence-corrected chi connectivity index (χ3v) is 3.33. The Morgan fingerprint density at radius 2 is 2.05 bits per heavy atom. The van der Waals surface area contributed by atoms with Crippen LogP contribution in [0.4, 0.5) is 0 Å². The minimum atomic E-state index is -0.892. The summed E-state index contributed by atoms with van der Waals surface area (Å²) in [6, 6.07) is 0. The van der Waals surface area contributed by atoms with Crippen LogP contribution in [0, 0.1) is 19.8 Å². The molecule has 5 heteroatoms. The van der Waals surface area contributed by atoms with Crippen LogP contribution < -0.4 is 0 Å². The first-order valence-electron chi connectivity index (χ1n) is 6.76. The fourth-order valence-electron chi connectivity index (χ4n) is 2.13. The van der Waals surface area contributed by atoms with Crippen molar-refractivity contribution < 1.29 is 9.90 Å². The van der Waals surface area contributed by atoms with Crippen molar-refractivity contribution in [2.75, 3.05) is 13.6 Å². The fourth-order valence-corrected chi connectivity index (χ4v) is 2.13. The summed E-state index contributed by atoms with van der Waals surface area (Å²) in [5.41, 5.74) is 3.17. The van der Waals surface area contributed by atoms with Gasteiger partial charge in [-0.25, -0.2) is 0 Å². The number of carbonyl (C=O) groups excluding carboxylic acids is 1. The van der Waals surface area contributed by atoms with Crippen molar-refractivity contribution in [2.45, 2.75) is 46.6 Å². The molecule has 5 nitrogen and oxygen atoms in total. The smallest absolute Gasteiger partial charge is 0.251 e. The molecule has 19 heavy (non-hydrogen) atoms. The van der Waals surface area contributed by atoms with Crippen molar-refractivity contribution in [2.24, 2.45) is 5.92 Å². The van der Waals surface area contributed by atoms with Crippen LogP contribution in [0.15, 0.2) is 0 Å². The highest BCUT2D eigenvalue weighted by molar-refractivity contribution is 5.80. The molecule has 0 aliphatic rings. The Morgan fingerprint density at radius 1 is 1.42 bits per heavy atom. The van der Waals surface area contributed by atoms with Gasteiger partial charge in [0.15, 0.2) is 0 Å². The molecule has 0 saturated carbocycles. The number of aliphatic hydroxyl groups is 1. The Balaban J connectivity index is 2.51. The zero-order chi connectivity index (χ0) is 14.6. The predicted octanol–water partition coefficient (Wildman–Crippen LogP) is 1.43. The third-order valence-electron chi connectivity index (χ3n) is 3.33. The predicted molar refractivity (Wildman–Crippen MR) is 74.9 cm³/mol. The maximum absolute atomic E-state index is 12.0. The van der Waals surface area contributed by atoms with Gasteiger partial charge < -0.3 is 10.0 Å². The van der Waals surface area contributed by atoms with Gasteiger partial charge in [0.1, 0.15) is 6.10 Å². The van der Waals surface area contributed by atoms with Crippen molar-refractivity contribution in [3.8, 4) is 0 Å². The standard InChI is InChI=1S/C14H25N3O2/c1-9(2)8-13(18)14(19)17(5)7-6-12-10(3)15-16-11(12)4/h9,13,18H,6-8H2,1-5H3,(H,15,16)/t13-/m1/s1. The number of hydrogen-bond donors (Lipinski definition) is 2.